The number of nitrogens with zero attached hydrogens (tertiary/aromatic N) is 1. The van der Waals surface area contributed by atoms with Gasteiger partial charge in [-0.15, -0.1) is 11.3 Å². The highest BCUT2D eigenvalue weighted by Crippen LogP contribution is 2.29. The molecule has 1 aliphatic heterocycles. The lowest BCUT2D eigenvalue weighted by Crippen LogP contribution is -2.43. The zero-order valence-corrected chi connectivity index (χ0v) is 14.7. The summed E-state index contributed by atoms with van der Waals surface area (Å²) in [5, 5.41) is 11.0. The normalized spacial score (nSPS) is 19.2. The average Bonchev–Trinajstić information content (AvgIpc) is 3.14. The van der Waals surface area contributed by atoms with Crippen molar-refractivity contribution in [3.8, 4) is 10.4 Å². The van der Waals surface area contributed by atoms with Crippen LogP contribution in [0, 0.1) is 0 Å². The maximum atomic E-state index is 12.3. The molecule has 128 valence electrons. The first-order valence-electron chi connectivity index (χ1n) is 8.41. The van der Waals surface area contributed by atoms with Crippen LogP contribution >= 0.6 is 11.3 Å². The molecule has 1 fully saturated rings. The van der Waals surface area contributed by atoms with Crippen LogP contribution in [0.2, 0.25) is 0 Å². The van der Waals surface area contributed by atoms with Gasteiger partial charge in [0.1, 0.15) is 6.10 Å². The number of ether oxygens (including phenoxy) is 1. The van der Waals surface area contributed by atoms with Crippen molar-refractivity contribution in [1.82, 2.24) is 4.90 Å². The van der Waals surface area contributed by atoms with E-state index >= 15 is 0 Å². The third-order valence-electron chi connectivity index (χ3n) is 4.54. The van der Waals surface area contributed by atoms with Gasteiger partial charge in [0, 0.05) is 24.4 Å². The van der Waals surface area contributed by atoms with E-state index in [1.54, 1.807) is 16.2 Å². The summed E-state index contributed by atoms with van der Waals surface area (Å²) in [6, 6.07) is 12.5. The Labute approximate surface area is 146 Å². The monoisotopic (exact) mass is 345 g/mol. The van der Waals surface area contributed by atoms with Gasteiger partial charge in [-0.1, -0.05) is 30.3 Å². The molecule has 1 aromatic heterocycles. The molecule has 1 N–H and O–H groups in total. The SMILES string of the molecule is CC(c1ccc(-c2cccs2)cc1)N1CCC(CCCO)OC1=O. The summed E-state index contributed by atoms with van der Waals surface area (Å²) in [5.41, 5.74) is 2.31. The minimum Gasteiger partial charge on any atom is -0.446 e. The lowest BCUT2D eigenvalue weighted by Gasteiger charge is -2.35. The van der Waals surface area contributed by atoms with Gasteiger partial charge in [-0.3, -0.25) is 0 Å². The number of thiophene rings is 1. The number of aliphatic hydroxyl groups is 1. The number of rotatable bonds is 6. The number of hydrogen-bond donors (Lipinski definition) is 1. The van der Waals surface area contributed by atoms with Crippen LogP contribution in [-0.2, 0) is 4.74 Å². The fraction of sp³-hybridized carbons (Fsp3) is 0.421. The van der Waals surface area contributed by atoms with Gasteiger partial charge in [0.05, 0.1) is 6.04 Å². The molecule has 1 aliphatic rings. The summed E-state index contributed by atoms with van der Waals surface area (Å²) in [6.45, 7) is 2.88. The van der Waals surface area contributed by atoms with Gasteiger partial charge >= 0.3 is 6.09 Å². The van der Waals surface area contributed by atoms with Gasteiger partial charge in [0.25, 0.3) is 0 Å². The van der Waals surface area contributed by atoms with Crippen LogP contribution < -0.4 is 0 Å². The van der Waals surface area contributed by atoms with Crippen LogP contribution in [0.15, 0.2) is 41.8 Å². The van der Waals surface area contributed by atoms with Crippen LogP contribution in [0.4, 0.5) is 4.79 Å². The van der Waals surface area contributed by atoms with Crippen LogP contribution in [0.3, 0.4) is 0 Å². The van der Waals surface area contributed by atoms with Crippen molar-refractivity contribution in [3.05, 3.63) is 47.3 Å². The molecule has 0 aliphatic carbocycles. The number of aliphatic hydroxyl groups excluding tert-OH is 1. The third-order valence-corrected chi connectivity index (χ3v) is 5.46. The standard InChI is InChI=1S/C19H23NO3S/c1-14(20-11-10-17(4-2-12-21)23-19(20)22)15-6-8-16(9-7-15)18-5-3-13-24-18/h3,5-9,13-14,17,21H,2,4,10-12H2,1H3. The van der Waals surface area contributed by atoms with Crippen LogP contribution in [0.25, 0.3) is 10.4 Å². The topological polar surface area (TPSA) is 49.8 Å². The van der Waals surface area contributed by atoms with Crippen LogP contribution in [0.1, 0.15) is 37.8 Å². The van der Waals surface area contributed by atoms with E-state index in [2.05, 4.69) is 35.7 Å². The number of amides is 1. The molecule has 2 atom stereocenters. The van der Waals surface area contributed by atoms with Crippen molar-refractivity contribution in [2.75, 3.05) is 13.2 Å². The number of hydrogen-bond acceptors (Lipinski definition) is 4. The highest BCUT2D eigenvalue weighted by Gasteiger charge is 2.30. The van der Waals surface area contributed by atoms with Crippen molar-refractivity contribution in [2.24, 2.45) is 0 Å². The van der Waals surface area contributed by atoms with E-state index in [4.69, 9.17) is 9.84 Å². The van der Waals surface area contributed by atoms with E-state index in [0.29, 0.717) is 13.0 Å². The zero-order valence-electron chi connectivity index (χ0n) is 13.9. The molecule has 0 saturated carbocycles. The molecule has 1 aromatic carbocycles. The Balaban J connectivity index is 1.64. The molecule has 5 heteroatoms. The smallest absolute Gasteiger partial charge is 0.410 e. The molecule has 3 rings (SSSR count). The summed E-state index contributed by atoms with van der Waals surface area (Å²) in [6.07, 6.45) is 1.93. The number of carbonyl (C=O) groups excluding carboxylic acids is 1. The van der Waals surface area contributed by atoms with E-state index in [1.165, 1.54) is 10.4 Å². The van der Waals surface area contributed by atoms with E-state index in [9.17, 15) is 4.79 Å². The summed E-state index contributed by atoms with van der Waals surface area (Å²) < 4.78 is 5.50. The van der Waals surface area contributed by atoms with Gasteiger partial charge in [-0.05, 0) is 42.3 Å². The van der Waals surface area contributed by atoms with E-state index in [-0.39, 0.29) is 24.8 Å². The number of cyclic esters (lactones) is 1. The fourth-order valence-electron chi connectivity index (χ4n) is 3.07. The lowest BCUT2D eigenvalue weighted by atomic mass is 10.0. The van der Waals surface area contributed by atoms with E-state index in [1.807, 2.05) is 13.0 Å². The minimum absolute atomic E-state index is 0.00585. The predicted octanol–water partition coefficient (Wildman–Crippen LogP) is 4.46. The average molecular weight is 345 g/mol. The van der Waals surface area contributed by atoms with Gasteiger partial charge in [-0.2, -0.15) is 0 Å². The fourth-order valence-corrected chi connectivity index (χ4v) is 3.80. The Morgan fingerprint density at radius 2 is 2.12 bits per heavy atom. The minimum atomic E-state index is -0.251. The molecule has 0 spiro atoms. The molecule has 24 heavy (non-hydrogen) atoms. The molecule has 0 radical (unpaired) electrons. The Kier molecular flexibility index (Phi) is 5.53. The number of benzene rings is 1. The van der Waals surface area contributed by atoms with E-state index in [0.717, 1.165) is 18.4 Å². The molecular formula is C19H23NO3S. The molecule has 0 bridgehead atoms. The predicted molar refractivity (Wildman–Crippen MR) is 96.1 cm³/mol. The van der Waals surface area contributed by atoms with Crippen molar-refractivity contribution >= 4 is 17.4 Å². The van der Waals surface area contributed by atoms with Crippen LogP contribution in [0.5, 0.6) is 0 Å². The Bertz CT molecular complexity index is 654. The molecule has 2 unspecified atom stereocenters. The zero-order chi connectivity index (χ0) is 16.9. The first-order valence-corrected chi connectivity index (χ1v) is 9.29. The van der Waals surface area contributed by atoms with Gasteiger partial charge in [0.15, 0.2) is 0 Å². The Morgan fingerprint density at radius 3 is 2.75 bits per heavy atom. The van der Waals surface area contributed by atoms with Gasteiger partial charge in [-0.25, -0.2) is 4.79 Å². The molecule has 4 nitrogen and oxygen atoms in total. The van der Waals surface area contributed by atoms with Crippen LogP contribution in [-0.4, -0.2) is 35.4 Å². The molecule has 1 saturated heterocycles. The second-order valence-electron chi connectivity index (χ2n) is 6.13. The second kappa shape index (κ2) is 7.81. The molecule has 1 amide bonds. The highest BCUT2D eigenvalue weighted by atomic mass is 32.1. The van der Waals surface area contributed by atoms with Crippen molar-refractivity contribution < 1.29 is 14.6 Å². The van der Waals surface area contributed by atoms with Crippen molar-refractivity contribution in [3.63, 3.8) is 0 Å². The molecular weight excluding hydrogens is 322 g/mol. The second-order valence-corrected chi connectivity index (χ2v) is 7.08. The maximum absolute atomic E-state index is 12.3. The summed E-state index contributed by atoms with van der Waals surface area (Å²) in [7, 11) is 0. The summed E-state index contributed by atoms with van der Waals surface area (Å²) >= 11 is 1.72. The first kappa shape index (κ1) is 17.0. The molecule has 2 aromatic rings. The van der Waals surface area contributed by atoms with Gasteiger partial charge in [0.2, 0.25) is 0 Å². The van der Waals surface area contributed by atoms with E-state index < -0.39 is 0 Å². The number of carbonyl (C=O) groups is 1. The Hall–Kier alpha value is -1.85. The third kappa shape index (κ3) is 3.79. The summed E-state index contributed by atoms with van der Waals surface area (Å²) in [5.74, 6) is 0. The largest absolute Gasteiger partial charge is 0.446 e. The lowest BCUT2D eigenvalue weighted by molar-refractivity contribution is 0.00760. The Morgan fingerprint density at radius 1 is 1.33 bits per heavy atom. The maximum Gasteiger partial charge on any atom is 0.410 e. The molecule has 2 heterocycles. The van der Waals surface area contributed by atoms with Gasteiger partial charge < -0.3 is 14.7 Å². The van der Waals surface area contributed by atoms with Crippen molar-refractivity contribution in [1.29, 1.82) is 0 Å². The highest BCUT2D eigenvalue weighted by molar-refractivity contribution is 7.13. The quantitative estimate of drug-likeness (QED) is 0.841. The summed E-state index contributed by atoms with van der Waals surface area (Å²) in [4.78, 5) is 15.3. The van der Waals surface area contributed by atoms with Crippen molar-refractivity contribution in [2.45, 2.75) is 38.3 Å². The first-order chi connectivity index (χ1) is 11.7.